The summed E-state index contributed by atoms with van der Waals surface area (Å²) >= 11 is 5.78. The molecule has 7 nitrogen and oxygen atoms in total. The van der Waals surface area contributed by atoms with Crippen molar-refractivity contribution in [1.29, 1.82) is 0 Å². The smallest absolute Gasteiger partial charge is 0.325 e. The third-order valence-electron chi connectivity index (χ3n) is 3.58. The van der Waals surface area contributed by atoms with Gasteiger partial charge in [-0.2, -0.15) is 0 Å². The second kappa shape index (κ2) is 7.23. The molecule has 1 aliphatic rings. The molecule has 1 aromatic carbocycles. The van der Waals surface area contributed by atoms with Crippen LogP contribution in [0.15, 0.2) is 24.3 Å². The molecule has 2 rings (SSSR count). The van der Waals surface area contributed by atoms with Gasteiger partial charge >= 0.3 is 17.8 Å². The van der Waals surface area contributed by atoms with Gasteiger partial charge in [-0.1, -0.05) is 23.7 Å². The predicted octanol–water partition coefficient (Wildman–Crippen LogP) is 0.980. The molecule has 1 saturated heterocycles. The molecule has 1 atom stereocenters. The van der Waals surface area contributed by atoms with Gasteiger partial charge in [-0.15, -0.1) is 0 Å². The maximum absolute atomic E-state index is 12.2. The summed E-state index contributed by atoms with van der Waals surface area (Å²) in [6, 6.07) is 4.69. The Kier molecular flexibility index (Phi) is 5.33. The van der Waals surface area contributed by atoms with Crippen LogP contribution in [0.1, 0.15) is 18.5 Å². The molecule has 1 aliphatic heterocycles. The fraction of sp³-hybridized carbons (Fsp3) is 0.333. The van der Waals surface area contributed by atoms with Crippen LogP contribution in [0.25, 0.3) is 0 Å². The molecule has 0 aromatic heterocycles. The predicted molar refractivity (Wildman–Crippen MR) is 82.8 cm³/mol. The number of hydrogen-bond acceptors (Lipinski definition) is 4. The normalized spacial score (nSPS) is 16.3. The van der Waals surface area contributed by atoms with E-state index in [-0.39, 0.29) is 13.1 Å². The molecule has 0 bridgehead atoms. The summed E-state index contributed by atoms with van der Waals surface area (Å²) in [7, 11) is 0. The van der Waals surface area contributed by atoms with Crippen molar-refractivity contribution in [3.63, 3.8) is 0 Å². The van der Waals surface area contributed by atoms with Crippen molar-refractivity contribution < 1.29 is 19.2 Å². The number of hydrogen-bond donors (Lipinski definition) is 1. The van der Waals surface area contributed by atoms with Gasteiger partial charge in [0.2, 0.25) is 0 Å². The zero-order valence-electron chi connectivity index (χ0n) is 12.5. The molecule has 1 fully saturated rings. The highest BCUT2D eigenvalue weighted by Gasteiger charge is 2.36. The molecule has 1 unspecified atom stereocenters. The molecule has 1 N–H and O–H groups in total. The second-order valence-electron chi connectivity index (χ2n) is 4.96. The summed E-state index contributed by atoms with van der Waals surface area (Å²) in [6.45, 7) is 2.53. The first kappa shape index (κ1) is 17.0. The summed E-state index contributed by atoms with van der Waals surface area (Å²) in [5.74, 6) is -1.61. The van der Waals surface area contributed by atoms with Gasteiger partial charge in [-0.3, -0.25) is 14.5 Å². The Morgan fingerprint density at radius 3 is 2.48 bits per heavy atom. The van der Waals surface area contributed by atoms with E-state index in [9.17, 15) is 19.2 Å². The molecule has 122 valence electrons. The number of piperazine rings is 1. The van der Waals surface area contributed by atoms with Crippen molar-refractivity contribution in [3.05, 3.63) is 34.9 Å². The first-order chi connectivity index (χ1) is 11.0. The lowest BCUT2D eigenvalue weighted by Crippen LogP contribution is -2.58. The lowest BCUT2D eigenvalue weighted by atomic mass is 10.1. The van der Waals surface area contributed by atoms with Gasteiger partial charge in [-0.05, 0) is 24.6 Å². The van der Waals surface area contributed by atoms with Crippen molar-refractivity contribution in [1.82, 2.24) is 15.1 Å². The summed E-state index contributed by atoms with van der Waals surface area (Å²) in [6.07, 6.45) is 0.551. The van der Waals surface area contributed by atoms with Crippen LogP contribution in [0.5, 0.6) is 0 Å². The molecule has 4 amide bonds. The second-order valence-corrected chi connectivity index (χ2v) is 5.39. The maximum atomic E-state index is 12.2. The molecule has 0 radical (unpaired) electrons. The van der Waals surface area contributed by atoms with Crippen LogP contribution >= 0.6 is 11.6 Å². The van der Waals surface area contributed by atoms with Gasteiger partial charge < -0.3 is 15.0 Å². The topological polar surface area (TPSA) is 86.8 Å². The third-order valence-corrected chi connectivity index (χ3v) is 3.83. The molecular formula is C15H16ClN3O4. The number of nitrogens with one attached hydrogen (secondary N) is 1. The Hall–Kier alpha value is -2.41. The standard InChI is InChI=1S/C15H16ClN3O4/c1-2-18-7-8-19(14(22)13(18)21)15(23)17-12(9-20)10-3-5-11(16)6-4-10/h3-6,9,12H,2,7-8H2,1H3,(H,17,23). The fourth-order valence-corrected chi connectivity index (χ4v) is 2.37. The fourth-order valence-electron chi connectivity index (χ4n) is 2.25. The highest BCUT2D eigenvalue weighted by Crippen LogP contribution is 2.16. The molecular weight excluding hydrogens is 322 g/mol. The van der Waals surface area contributed by atoms with Crippen LogP contribution < -0.4 is 5.32 Å². The Labute approximate surface area is 138 Å². The molecule has 23 heavy (non-hydrogen) atoms. The largest absolute Gasteiger partial charge is 0.333 e. The van der Waals surface area contributed by atoms with E-state index >= 15 is 0 Å². The van der Waals surface area contributed by atoms with Crippen molar-refractivity contribution in [2.75, 3.05) is 19.6 Å². The van der Waals surface area contributed by atoms with E-state index in [0.29, 0.717) is 23.4 Å². The minimum atomic E-state index is -0.924. The Morgan fingerprint density at radius 1 is 1.26 bits per heavy atom. The Balaban J connectivity index is 2.08. The molecule has 8 heteroatoms. The van der Waals surface area contributed by atoms with Crippen LogP contribution in [-0.2, 0) is 14.4 Å². The molecule has 0 aliphatic carbocycles. The average Bonchev–Trinajstić information content (AvgIpc) is 2.55. The van der Waals surface area contributed by atoms with E-state index in [0.717, 1.165) is 4.90 Å². The highest BCUT2D eigenvalue weighted by molar-refractivity contribution is 6.38. The van der Waals surface area contributed by atoms with Gasteiger partial charge in [0.1, 0.15) is 12.3 Å². The SMILES string of the molecule is CCN1CCN(C(=O)NC(C=O)c2ccc(Cl)cc2)C(=O)C1=O. The quantitative estimate of drug-likeness (QED) is 0.655. The van der Waals surface area contributed by atoms with Gasteiger partial charge in [0, 0.05) is 24.7 Å². The Bertz CT molecular complexity index is 632. The van der Waals surface area contributed by atoms with Crippen molar-refractivity contribution in [2.45, 2.75) is 13.0 Å². The summed E-state index contributed by atoms with van der Waals surface area (Å²) < 4.78 is 0. The molecule has 1 heterocycles. The number of carbonyl (C=O) groups excluding carboxylic acids is 4. The van der Waals surface area contributed by atoms with E-state index in [1.165, 1.54) is 4.90 Å². The number of benzene rings is 1. The lowest BCUT2D eigenvalue weighted by Gasteiger charge is -2.32. The summed E-state index contributed by atoms with van der Waals surface area (Å²) in [4.78, 5) is 49.4. The van der Waals surface area contributed by atoms with Crippen LogP contribution in [-0.4, -0.2) is 53.6 Å². The number of urea groups is 1. The molecule has 1 aromatic rings. The number of nitrogens with zero attached hydrogens (tertiary/aromatic N) is 2. The van der Waals surface area contributed by atoms with E-state index < -0.39 is 23.9 Å². The van der Waals surface area contributed by atoms with E-state index in [1.54, 1.807) is 31.2 Å². The number of aldehydes is 1. The van der Waals surface area contributed by atoms with Crippen molar-refractivity contribution >= 4 is 35.7 Å². The van der Waals surface area contributed by atoms with Crippen LogP contribution in [0.2, 0.25) is 5.02 Å². The van der Waals surface area contributed by atoms with Gasteiger partial charge in [-0.25, -0.2) is 4.79 Å². The highest BCUT2D eigenvalue weighted by atomic mass is 35.5. The number of amides is 4. The zero-order chi connectivity index (χ0) is 17.0. The Morgan fingerprint density at radius 2 is 1.91 bits per heavy atom. The van der Waals surface area contributed by atoms with Gasteiger partial charge in [0.05, 0.1) is 0 Å². The minimum absolute atomic E-state index is 0.0937. The number of halogens is 1. The molecule has 0 saturated carbocycles. The lowest BCUT2D eigenvalue weighted by molar-refractivity contribution is -0.153. The monoisotopic (exact) mass is 337 g/mol. The van der Waals surface area contributed by atoms with E-state index in [4.69, 9.17) is 11.6 Å². The maximum Gasteiger partial charge on any atom is 0.325 e. The number of likely N-dealkylation sites (N-methyl/N-ethyl adjacent to an activating group) is 1. The summed E-state index contributed by atoms with van der Waals surface area (Å²) in [5, 5.41) is 2.94. The molecule has 0 spiro atoms. The van der Waals surface area contributed by atoms with E-state index in [1.807, 2.05) is 0 Å². The van der Waals surface area contributed by atoms with Gasteiger partial charge in [0.15, 0.2) is 0 Å². The first-order valence-electron chi connectivity index (χ1n) is 7.10. The van der Waals surface area contributed by atoms with Crippen LogP contribution in [0, 0.1) is 0 Å². The number of rotatable bonds is 4. The van der Waals surface area contributed by atoms with Crippen LogP contribution in [0.4, 0.5) is 4.79 Å². The third kappa shape index (κ3) is 3.68. The first-order valence-corrected chi connectivity index (χ1v) is 7.47. The zero-order valence-corrected chi connectivity index (χ0v) is 13.2. The van der Waals surface area contributed by atoms with Crippen molar-refractivity contribution in [2.24, 2.45) is 0 Å². The minimum Gasteiger partial charge on any atom is -0.333 e. The average molecular weight is 338 g/mol. The summed E-state index contributed by atoms with van der Waals surface area (Å²) in [5.41, 5.74) is 0.531. The van der Waals surface area contributed by atoms with Crippen LogP contribution in [0.3, 0.4) is 0 Å². The number of imide groups is 1. The van der Waals surface area contributed by atoms with Crippen molar-refractivity contribution in [3.8, 4) is 0 Å². The van der Waals surface area contributed by atoms with E-state index in [2.05, 4.69) is 5.32 Å². The number of carbonyl (C=O) groups is 4. The van der Waals surface area contributed by atoms with Gasteiger partial charge in [0.25, 0.3) is 0 Å².